The van der Waals surface area contributed by atoms with E-state index in [1.807, 2.05) is 45.0 Å². The smallest absolute Gasteiger partial charge is 0.297 e. The van der Waals surface area contributed by atoms with Gasteiger partial charge >= 0.3 is 5.69 Å². The van der Waals surface area contributed by atoms with Gasteiger partial charge in [0.2, 0.25) is 0 Å². The van der Waals surface area contributed by atoms with Crippen molar-refractivity contribution in [2.24, 2.45) is 5.92 Å². The Morgan fingerprint density at radius 2 is 2.00 bits per heavy atom. The molecule has 1 aromatic heterocycles. The van der Waals surface area contributed by atoms with Crippen molar-refractivity contribution in [3.05, 3.63) is 55.8 Å². The maximum absolute atomic E-state index is 12.5. The number of aromatic amines is 1. The number of nitrogens with one attached hydrogen (secondary N) is 1. The zero-order chi connectivity index (χ0) is 14.9. The van der Waals surface area contributed by atoms with Crippen molar-refractivity contribution in [2.45, 2.75) is 27.3 Å². The first-order valence-corrected chi connectivity index (χ1v) is 6.87. The van der Waals surface area contributed by atoms with E-state index in [1.165, 1.54) is 4.57 Å². The average molecular weight is 293 g/mol. The second-order valence-electron chi connectivity index (χ2n) is 5.30. The number of nitrogens with zero attached hydrogens (tertiary/aromatic N) is 1. The predicted molar refractivity (Wildman–Crippen MR) is 81.3 cm³/mol. The van der Waals surface area contributed by atoms with E-state index in [-0.39, 0.29) is 16.6 Å². The molecule has 0 aliphatic carbocycles. The standard InChI is InChI=1S/C15H17ClN2O2/c1-9(2)8-18-14(19)12(13(16)17-15(18)20)11-6-4-5-10(3)7-11/h4-7,9H,8H2,1-3H3,(H,17,20). The molecule has 106 valence electrons. The highest BCUT2D eigenvalue weighted by molar-refractivity contribution is 6.32. The van der Waals surface area contributed by atoms with Gasteiger partial charge in [-0.25, -0.2) is 4.79 Å². The van der Waals surface area contributed by atoms with Gasteiger partial charge in [-0.2, -0.15) is 0 Å². The molecule has 0 aliphatic rings. The molecule has 5 heteroatoms. The molecule has 0 fully saturated rings. The van der Waals surface area contributed by atoms with Gasteiger partial charge < -0.3 is 0 Å². The summed E-state index contributed by atoms with van der Waals surface area (Å²) in [5, 5.41) is 0.0885. The summed E-state index contributed by atoms with van der Waals surface area (Å²) in [6, 6.07) is 7.49. The highest BCUT2D eigenvalue weighted by Gasteiger charge is 2.15. The molecule has 1 N–H and O–H groups in total. The topological polar surface area (TPSA) is 54.9 Å². The van der Waals surface area contributed by atoms with Gasteiger partial charge in [0.05, 0.1) is 5.56 Å². The maximum Gasteiger partial charge on any atom is 0.329 e. The molecule has 0 spiro atoms. The van der Waals surface area contributed by atoms with Crippen molar-refractivity contribution in [1.29, 1.82) is 0 Å². The molecular formula is C15H17ClN2O2. The minimum Gasteiger partial charge on any atom is -0.297 e. The summed E-state index contributed by atoms with van der Waals surface area (Å²) < 4.78 is 1.20. The average Bonchev–Trinajstić information content (AvgIpc) is 2.34. The van der Waals surface area contributed by atoms with Crippen LogP contribution >= 0.6 is 11.6 Å². The van der Waals surface area contributed by atoms with Gasteiger partial charge in [0, 0.05) is 6.54 Å². The number of rotatable bonds is 3. The van der Waals surface area contributed by atoms with Crippen LogP contribution in [-0.2, 0) is 6.54 Å². The van der Waals surface area contributed by atoms with E-state index in [1.54, 1.807) is 0 Å². The van der Waals surface area contributed by atoms with E-state index in [9.17, 15) is 9.59 Å². The lowest BCUT2D eigenvalue weighted by atomic mass is 10.1. The summed E-state index contributed by atoms with van der Waals surface area (Å²) >= 11 is 6.06. The summed E-state index contributed by atoms with van der Waals surface area (Å²) in [5.74, 6) is 0.195. The monoisotopic (exact) mass is 292 g/mol. The highest BCUT2D eigenvalue weighted by Crippen LogP contribution is 2.22. The SMILES string of the molecule is Cc1cccc(-c2c(Cl)[nH]c(=O)n(CC(C)C)c2=O)c1. The van der Waals surface area contributed by atoms with Crippen LogP contribution in [0.1, 0.15) is 19.4 Å². The third kappa shape index (κ3) is 2.85. The predicted octanol–water partition coefficient (Wildman–Crippen LogP) is 2.82. The Bertz CT molecular complexity index is 744. The van der Waals surface area contributed by atoms with E-state index in [4.69, 9.17) is 11.6 Å². The van der Waals surface area contributed by atoms with Crippen molar-refractivity contribution >= 4 is 11.6 Å². The van der Waals surface area contributed by atoms with E-state index < -0.39 is 5.69 Å². The second kappa shape index (κ2) is 5.67. The van der Waals surface area contributed by atoms with Crippen molar-refractivity contribution in [3.63, 3.8) is 0 Å². The van der Waals surface area contributed by atoms with Crippen LogP contribution in [0.3, 0.4) is 0 Å². The Balaban J connectivity index is 2.71. The zero-order valence-electron chi connectivity index (χ0n) is 11.7. The number of H-pyrrole nitrogens is 1. The number of hydrogen-bond acceptors (Lipinski definition) is 2. The summed E-state index contributed by atoms with van der Waals surface area (Å²) in [7, 11) is 0. The molecule has 0 bridgehead atoms. The largest absolute Gasteiger partial charge is 0.329 e. The third-order valence-electron chi connectivity index (χ3n) is 2.99. The summed E-state index contributed by atoms with van der Waals surface area (Å²) in [6.07, 6.45) is 0. The number of hydrogen-bond donors (Lipinski definition) is 1. The van der Waals surface area contributed by atoms with Crippen LogP contribution in [0.15, 0.2) is 33.9 Å². The van der Waals surface area contributed by atoms with Gasteiger partial charge in [0.15, 0.2) is 0 Å². The molecule has 1 aromatic carbocycles. The zero-order valence-corrected chi connectivity index (χ0v) is 12.5. The molecule has 0 amide bonds. The first kappa shape index (κ1) is 14.6. The van der Waals surface area contributed by atoms with Crippen LogP contribution in [0.2, 0.25) is 5.15 Å². The van der Waals surface area contributed by atoms with Crippen molar-refractivity contribution in [2.75, 3.05) is 0 Å². The summed E-state index contributed by atoms with van der Waals surface area (Å²) in [4.78, 5) is 26.9. The fourth-order valence-electron chi connectivity index (χ4n) is 2.13. The van der Waals surface area contributed by atoms with Crippen LogP contribution in [0.25, 0.3) is 11.1 Å². The van der Waals surface area contributed by atoms with Gasteiger partial charge in [-0.1, -0.05) is 55.3 Å². The van der Waals surface area contributed by atoms with Gasteiger partial charge in [0.25, 0.3) is 5.56 Å². The molecule has 0 saturated heterocycles. The van der Waals surface area contributed by atoms with Gasteiger partial charge in [-0.05, 0) is 18.4 Å². The Kier molecular flexibility index (Phi) is 4.14. The fourth-order valence-corrected chi connectivity index (χ4v) is 2.40. The fraction of sp³-hybridized carbons (Fsp3) is 0.333. The Hall–Kier alpha value is -1.81. The van der Waals surface area contributed by atoms with Crippen molar-refractivity contribution < 1.29 is 0 Å². The van der Waals surface area contributed by atoms with E-state index in [2.05, 4.69) is 4.98 Å². The summed E-state index contributed by atoms with van der Waals surface area (Å²) in [5.41, 5.74) is 1.27. The second-order valence-corrected chi connectivity index (χ2v) is 5.68. The van der Waals surface area contributed by atoms with Gasteiger partial charge in [-0.15, -0.1) is 0 Å². The lowest BCUT2D eigenvalue weighted by Crippen LogP contribution is -2.37. The number of benzene rings is 1. The highest BCUT2D eigenvalue weighted by atomic mass is 35.5. The van der Waals surface area contributed by atoms with Crippen LogP contribution in [0, 0.1) is 12.8 Å². The van der Waals surface area contributed by atoms with Crippen LogP contribution < -0.4 is 11.2 Å². The quantitative estimate of drug-likeness (QED) is 0.885. The first-order valence-electron chi connectivity index (χ1n) is 6.49. The molecular weight excluding hydrogens is 276 g/mol. The van der Waals surface area contributed by atoms with Crippen LogP contribution in [-0.4, -0.2) is 9.55 Å². The third-order valence-corrected chi connectivity index (χ3v) is 3.28. The Labute approximate surface area is 122 Å². The van der Waals surface area contributed by atoms with Crippen LogP contribution in [0.5, 0.6) is 0 Å². The Morgan fingerprint density at radius 1 is 1.30 bits per heavy atom. The lowest BCUT2D eigenvalue weighted by molar-refractivity contribution is 0.493. The molecule has 0 radical (unpaired) electrons. The molecule has 20 heavy (non-hydrogen) atoms. The van der Waals surface area contributed by atoms with Gasteiger partial charge in [0.1, 0.15) is 5.15 Å². The molecule has 0 aliphatic heterocycles. The van der Waals surface area contributed by atoms with Crippen molar-refractivity contribution in [3.8, 4) is 11.1 Å². The molecule has 0 saturated carbocycles. The Morgan fingerprint density at radius 3 is 2.60 bits per heavy atom. The maximum atomic E-state index is 12.5. The molecule has 0 unspecified atom stereocenters. The lowest BCUT2D eigenvalue weighted by Gasteiger charge is -2.11. The van der Waals surface area contributed by atoms with Crippen LogP contribution in [0.4, 0.5) is 0 Å². The molecule has 2 aromatic rings. The van der Waals surface area contributed by atoms with Gasteiger partial charge in [-0.3, -0.25) is 14.3 Å². The molecule has 1 heterocycles. The number of aromatic nitrogens is 2. The van der Waals surface area contributed by atoms with E-state index in [0.29, 0.717) is 17.7 Å². The minimum absolute atomic E-state index is 0.0885. The first-order chi connectivity index (χ1) is 9.40. The van der Waals surface area contributed by atoms with E-state index in [0.717, 1.165) is 5.56 Å². The normalized spacial score (nSPS) is 11.1. The summed E-state index contributed by atoms with van der Waals surface area (Å²) in [6.45, 7) is 6.21. The number of halogens is 1. The van der Waals surface area contributed by atoms with Crippen molar-refractivity contribution in [1.82, 2.24) is 9.55 Å². The van der Waals surface area contributed by atoms with E-state index >= 15 is 0 Å². The molecule has 2 rings (SSSR count). The number of aryl methyl sites for hydroxylation is 1. The minimum atomic E-state index is -0.467. The molecule has 0 atom stereocenters. The molecule has 4 nitrogen and oxygen atoms in total.